The molecule has 0 aromatic heterocycles. The molecular formula is C15H16F3NO3. The van der Waals surface area contributed by atoms with Crippen molar-refractivity contribution in [1.82, 2.24) is 5.06 Å². The zero-order chi connectivity index (χ0) is 16.1. The minimum Gasteiger partial charge on any atom is -0.369 e. The second-order valence-electron chi connectivity index (χ2n) is 5.81. The number of fused-ring (bicyclic) bond motifs is 1. The normalized spacial score (nSPS) is 31.4. The minimum atomic E-state index is -3.12. The fourth-order valence-electron chi connectivity index (χ4n) is 3.47. The van der Waals surface area contributed by atoms with Gasteiger partial charge >= 0.3 is 0 Å². The number of benzene rings is 1. The summed E-state index contributed by atoms with van der Waals surface area (Å²) >= 11 is 0. The van der Waals surface area contributed by atoms with Gasteiger partial charge in [0.1, 0.15) is 17.5 Å². The van der Waals surface area contributed by atoms with Crippen LogP contribution >= 0.6 is 0 Å². The molecule has 7 heteroatoms. The molecule has 4 nitrogen and oxygen atoms in total. The van der Waals surface area contributed by atoms with Crippen LogP contribution in [0.4, 0.5) is 13.2 Å². The fraction of sp³-hybridized carbons (Fsp3) is 0.533. The Kier molecular flexibility index (Phi) is 3.45. The highest BCUT2D eigenvalue weighted by Crippen LogP contribution is 2.52. The number of amides is 1. The summed E-state index contributed by atoms with van der Waals surface area (Å²) in [6.45, 7) is 1.65. The van der Waals surface area contributed by atoms with E-state index in [9.17, 15) is 18.0 Å². The second kappa shape index (κ2) is 4.96. The van der Waals surface area contributed by atoms with Crippen molar-refractivity contribution in [2.75, 3.05) is 13.2 Å². The molecule has 0 spiro atoms. The second-order valence-corrected chi connectivity index (χ2v) is 5.81. The van der Waals surface area contributed by atoms with Crippen LogP contribution in [0.2, 0.25) is 0 Å². The monoisotopic (exact) mass is 315 g/mol. The highest BCUT2D eigenvalue weighted by molar-refractivity contribution is 5.74. The molecule has 0 N–H and O–H groups in total. The van der Waals surface area contributed by atoms with Gasteiger partial charge in [-0.15, -0.1) is 0 Å². The van der Waals surface area contributed by atoms with Crippen LogP contribution in [0, 0.1) is 11.7 Å². The van der Waals surface area contributed by atoms with Crippen molar-refractivity contribution < 1.29 is 27.5 Å². The summed E-state index contributed by atoms with van der Waals surface area (Å²) in [7, 11) is 0. The average Bonchev–Trinajstić information content (AvgIpc) is 2.94. The number of hydrogen-bond donors (Lipinski definition) is 0. The topological polar surface area (TPSA) is 38.8 Å². The number of rotatable bonds is 2. The van der Waals surface area contributed by atoms with E-state index in [1.807, 2.05) is 0 Å². The Hall–Kier alpha value is -1.60. The molecule has 0 saturated carbocycles. The molecule has 0 radical (unpaired) electrons. The van der Waals surface area contributed by atoms with Crippen LogP contribution < -0.4 is 0 Å². The lowest BCUT2D eigenvalue weighted by Gasteiger charge is -2.35. The van der Waals surface area contributed by atoms with Crippen molar-refractivity contribution in [1.29, 1.82) is 0 Å². The number of ether oxygens (including phenoxy) is 1. The molecule has 3 atom stereocenters. The Bertz CT molecular complexity index is 604. The molecule has 22 heavy (non-hydrogen) atoms. The highest BCUT2D eigenvalue weighted by Gasteiger charge is 2.65. The molecular weight excluding hydrogens is 299 g/mol. The summed E-state index contributed by atoms with van der Waals surface area (Å²) in [5.74, 6) is -5.01. The van der Waals surface area contributed by atoms with E-state index < -0.39 is 35.2 Å². The van der Waals surface area contributed by atoms with Gasteiger partial charge < -0.3 is 4.74 Å². The van der Waals surface area contributed by atoms with Crippen molar-refractivity contribution in [3.05, 3.63) is 35.6 Å². The van der Waals surface area contributed by atoms with E-state index in [4.69, 9.17) is 9.57 Å². The molecule has 2 aliphatic heterocycles. The standard InChI is InChI=1S/C15H16F3NO3/c1-9(20)19-15(10-5-3-4-6-12(10)16)8-21-13(14(2,17)18)11(15)7-22-19/h3-6,11,13H,7-8H2,1-2H3/t11-,13+,15-/m1/s1. The Morgan fingerprint density at radius 2 is 2.09 bits per heavy atom. The lowest BCUT2D eigenvalue weighted by Crippen LogP contribution is -2.49. The van der Waals surface area contributed by atoms with Gasteiger partial charge in [-0.1, -0.05) is 18.2 Å². The molecule has 120 valence electrons. The summed E-state index contributed by atoms with van der Waals surface area (Å²) in [6, 6.07) is 5.81. The van der Waals surface area contributed by atoms with Crippen molar-refractivity contribution in [3.8, 4) is 0 Å². The third kappa shape index (κ3) is 2.03. The van der Waals surface area contributed by atoms with Gasteiger partial charge in [-0.3, -0.25) is 9.63 Å². The number of alkyl halides is 2. The predicted molar refractivity (Wildman–Crippen MR) is 70.4 cm³/mol. The number of hydroxylamine groups is 2. The Morgan fingerprint density at radius 3 is 2.68 bits per heavy atom. The number of nitrogens with zero attached hydrogens (tertiary/aromatic N) is 1. The summed E-state index contributed by atoms with van der Waals surface area (Å²) in [5.41, 5.74) is -1.22. The van der Waals surface area contributed by atoms with Gasteiger partial charge in [0.05, 0.1) is 13.2 Å². The molecule has 1 aromatic rings. The molecule has 3 rings (SSSR count). The number of hydrogen-bond acceptors (Lipinski definition) is 3. The molecule has 2 fully saturated rings. The van der Waals surface area contributed by atoms with Gasteiger partial charge in [0, 0.05) is 25.3 Å². The summed E-state index contributed by atoms with van der Waals surface area (Å²) < 4.78 is 47.2. The Labute approximate surface area is 125 Å². The number of carbonyl (C=O) groups is 1. The van der Waals surface area contributed by atoms with E-state index >= 15 is 0 Å². The maximum Gasteiger partial charge on any atom is 0.271 e. The van der Waals surface area contributed by atoms with Gasteiger partial charge in [0.2, 0.25) is 5.91 Å². The Morgan fingerprint density at radius 1 is 1.41 bits per heavy atom. The lowest BCUT2D eigenvalue weighted by molar-refractivity contribution is -0.196. The number of carbonyl (C=O) groups excluding carboxylic acids is 1. The quantitative estimate of drug-likeness (QED) is 0.842. The molecule has 0 aliphatic carbocycles. The van der Waals surface area contributed by atoms with Crippen LogP contribution in [0.15, 0.2) is 24.3 Å². The van der Waals surface area contributed by atoms with Crippen LogP contribution in [-0.4, -0.2) is 36.2 Å². The molecule has 2 saturated heterocycles. The summed E-state index contributed by atoms with van der Waals surface area (Å²) in [6.07, 6.45) is -1.43. The first-order valence-corrected chi connectivity index (χ1v) is 6.96. The molecule has 1 amide bonds. The molecule has 0 bridgehead atoms. The first kappa shape index (κ1) is 15.3. The maximum absolute atomic E-state index is 14.3. The van der Waals surface area contributed by atoms with Crippen LogP contribution in [0.3, 0.4) is 0 Å². The van der Waals surface area contributed by atoms with Crippen LogP contribution in [0.25, 0.3) is 0 Å². The van der Waals surface area contributed by atoms with Crippen molar-refractivity contribution >= 4 is 5.91 Å². The minimum absolute atomic E-state index is 0.123. The number of halogens is 3. The molecule has 2 heterocycles. The van der Waals surface area contributed by atoms with E-state index in [1.54, 1.807) is 6.07 Å². The van der Waals surface area contributed by atoms with Gasteiger partial charge in [0.15, 0.2) is 0 Å². The van der Waals surface area contributed by atoms with E-state index in [0.717, 1.165) is 12.0 Å². The van der Waals surface area contributed by atoms with Gasteiger partial charge in [-0.05, 0) is 6.07 Å². The van der Waals surface area contributed by atoms with E-state index in [-0.39, 0.29) is 18.8 Å². The van der Waals surface area contributed by atoms with Crippen LogP contribution in [0.5, 0.6) is 0 Å². The van der Waals surface area contributed by atoms with E-state index in [1.165, 1.54) is 25.1 Å². The van der Waals surface area contributed by atoms with Crippen molar-refractivity contribution in [3.63, 3.8) is 0 Å². The third-order valence-corrected chi connectivity index (χ3v) is 4.33. The summed E-state index contributed by atoms with van der Waals surface area (Å²) in [5, 5.41) is 0.988. The zero-order valence-corrected chi connectivity index (χ0v) is 12.2. The fourth-order valence-corrected chi connectivity index (χ4v) is 3.47. The van der Waals surface area contributed by atoms with Crippen molar-refractivity contribution in [2.24, 2.45) is 5.92 Å². The maximum atomic E-state index is 14.3. The zero-order valence-electron chi connectivity index (χ0n) is 12.2. The molecule has 1 aromatic carbocycles. The predicted octanol–water partition coefficient (Wildman–Crippen LogP) is 2.48. The van der Waals surface area contributed by atoms with E-state index in [2.05, 4.69) is 0 Å². The molecule has 0 unspecified atom stereocenters. The van der Waals surface area contributed by atoms with Gasteiger partial charge in [-0.2, -0.15) is 0 Å². The average molecular weight is 315 g/mol. The summed E-state index contributed by atoms with van der Waals surface area (Å²) in [4.78, 5) is 17.2. The van der Waals surface area contributed by atoms with Crippen LogP contribution in [-0.2, 0) is 19.9 Å². The largest absolute Gasteiger partial charge is 0.369 e. The smallest absolute Gasteiger partial charge is 0.271 e. The van der Waals surface area contributed by atoms with E-state index in [0.29, 0.717) is 0 Å². The Balaban J connectivity index is 2.14. The van der Waals surface area contributed by atoms with Crippen LogP contribution in [0.1, 0.15) is 19.4 Å². The molecule has 2 aliphatic rings. The van der Waals surface area contributed by atoms with Gasteiger partial charge in [-0.25, -0.2) is 18.2 Å². The lowest BCUT2D eigenvalue weighted by atomic mass is 9.77. The van der Waals surface area contributed by atoms with Gasteiger partial charge in [0.25, 0.3) is 5.92 Å². The highest BCUT2D eigenvalue weighted by atomic mass is 19.3. The SMILES string of the molecule is CC(=O)N1OC[C@@H]2[C@@H](C(C)(F)F)OC[C@@]21c1ccccc1F. The first-order valence-electron chi connectivity index (χ1n) is 6.96. The van der Waals surface area contributed by atoms with Crippen molar-refractivity contribution in [2.45, 2.75) is 31.4 Å². The first-order chi connectivity index (χ1) is 10.3. The third-order valence-electron chi connectivity index (χ3n) is 4.33.